The Morgan fingerprint density at radius 1 is 1.56 bits per heavy atom. The molecule has 2 aliphatic heterocycles. The third kappa shape index (κ3) is 1.30. The van der Waals surface area contributed by atoms with Crippen LogP contribution in [0.2, 0.25) is 0 Å². The Labute approximate surface area is 92.0 Å². The van der Waals surface area contributed by atoms with Crippen LogP contribution in [0.15, 0.2) is 12.3 Å². The van der Waals surface area contributed by atoms with E-state index in [2.05, 4.69) is 15.5 Å². The van der Waals surface area contributed by atoms with Gasteiger partial charge in [0, 0.05) is 19.2 Å². The fraction of sp³-hybridized carbons (Fsp3) is 0.500. The highest BCUT2D eigenvalue weighted by molar-refractivity contribution is 5.93. The second-order valence-electron chi connectivity index (χ2n) is 4.20. The number of rotatable bonds is 1. The van der Waals surface area contributed by atoms with Gasteiger partial charge in [-0.1, -0.05) is 0 Å². The molecule has 16 heavy (non-hydrogen) atoms. The predicted octanol–water partition coefficient (Wildman–Crippen LogP) is -0.487. The molecule has 0 unspecified atom stereocenters. The number of carbonyl (C=O) groups excluding carboxylic acids is 2. The molecule has 6 nitrogen and oxygen atoms in total. The second-order valence-corrected chi connectivity index (χ2v) is 4.20. The van der Waals surface area contributed by atoms with Crippen LogP contribution in [0.5, 0.6) is 0 Å². The van der Waals surface area contributed by atoms with E-state index in [0.717, 1.165) is 6.42 Å². The lowest BCUT2D eigenvalue weighted by Gasteiger charge is -2.21. The van der Waals surface area contributed by atoms with Crippen molar-refractivity contribution in [2.24, 2.45) is 0 Å². The molecule has 1 aromatic rings. The van der Waals surface area contributed by atoms with Crippen LogP contribution in [0.3, 0.4) is 0 Å². The number of nitrogens with one attached hydrogen (secondary N) is 2. The summed E-state index contributed by atoms with van der Waals surface area (Å²) in [6.07, 6.45) is 2.82. The minimum atomic E-state index is -0.0681. The summed E-state index contributed by atoms with van der Waals surface area (Å²) >= 11 is 0. The van der Waals surface area contributed by atoms with E-state index in [-0.39, 0.29) is 23.9 Å². The number of hydrogen-bond acceptors (Lipinski definition) is 3. The zero-order valence-electron chi connectivity index (χ0n) is 8.64. The second kappa shape index (κ2) is 3.33. The van der Waals surface area contributed by atoms with Gasteiger partial charge >= 0.3 is 0 Å². The molecule has 0 spiro atoms. The zero-order chi connectivity index (χ0) is 11.1. The average Bonchev–Trinajstić information content (AvgIpc) is 2.90. The van der Waals surface area contributed by atoms with Crippen molar-refractivity contribution >= 4 is 11.8 Å². The number of amides is 2. The van der Waals surface area contributed by atoms with Crippen molar-refractivity contribution in [1.29, 1.82) is 0 Å². The van der Waals surface area contributed by atoms with Gasteiger partial charge in [-0.2, -0.15) is 5.10 Å². The van der Waals surface area contributed by atoms with Crippen LogP contribution in [0.1, 0.15) is 23.3 Å². The van der Waals surface area contributed by atoms with E-state index in [1.807, 2.05) is 0 Å². The Bertz CT molecular complexity index is 428. The summed E-state index contributed by atoms with van der Waals surface area (Å²) in [6.45, 7) is 0.702. The molecule has 84 valence electrons. The van der Waals surface area contributed by atoms with Gasteiger partial charge < -0.3 is 10.2 Å². The van der Waals surface area contributed by atoms with Crippen LogP contribution < -0.4 is 5.32 Å². The summed E-state index contributed by atoms with van der Waals surface area (Å²) < 4.78 is 0. The van der Waals surface area contributed by atoms with Crippen molar-refractivity contribution in [3.05, 3.63) is 18.0 Å². The van der Waals surface area contributed by atoms with Crippen LogP contribution in [0, 0.1) is 0 Å². The first-order valence-electron chi connectivity index (χ1n) is 5.35. The Morgan fingerprint density at radius 3 is 3.19 bits per heavy atom. The van der Waals surface area contributed by atoms with Gasteiger partial charge in [-0.05, 0) is 12.5 Å². The first-order chi connectivity index (χ1) is 7.75. The SMILES string of the molecule is O=C1C[C@H]2[C@H](CCN2C(=O)c2ccn[nH]2)N1. The highest BCUT2D eigenvalue weighted by atomic mass is 16.2. The standard InChI is InChI=1S/C10H12N4O2/c15-9-5-8-6(12-9)2-4-14(8)10(16)7-1-3-11-13-7/h1,3,6,8H,2,4-5H2,(H,11,13)(H,12,15)/t6-,8-/m0/s1. The third-order valence-electron chi connectivity index (χ3n) is 3.28. The van der Waals surface area contributed by atoms with Crippen LogP contribution in [0.25, 0.3) is 0 Å². The molecule has 3 rings (SSSR count). The molecule has 1 aromatic heterocycles. The monoisotopic (exact) mass is 220 g/mol. The molecule has 2 saturated heterocycles. The molecule has 0 bridgehead atoms. The Balaban J connectivity index is 1.81. The van der Waals surface area contributed by atoms with Gasteiger partial charge in [0.05, 0.1) is 12.1 Å². The normalized spacial score (nSPS) is 28.0. The molecule has 2 N–H and O–H groups in total. The minimum Gasteiger partial charge on any atom is -0.351 e. The fourth-order valence-electron chi connectivity index (χ4n) is 2.51. The van der Waals surface area contributed by atoms with E-state index in [1.165, 1.54) is 0 Å². The Morgan fingerprint density at radius 2 is 2.44 bits per heavy atom. The van der Waals surface area contributed by atoms with E-state index in [0.29, 0.717) is 18.7 Å². The predicted molar refractivity (Wildman–Crippen MR) is 54.6 cm³/mol. The lowest BCUT2D eigenvalue weighted by molar-refractivity contribution is -0.119. The molecule has 2 amide bonds. The number of aromatic amines is 1. The van der Waals surface area contributed by atoms with Crippen LogP contribution >= 0.6 is 0 Å². The average molecular weight is 220 g/mol. The highest BCUT2D eigenvalue weighted by Gasteiger charge is 2.43. The minimum absolute atomic E-state index is 0.0169. The van der Waals surface area contributed by atoms with Crippen LogP contribution in [-0.4, -0.2) is 45.5 Å². The van der Waals surface area contributed by atoms with Crippen LogP contribution in [-0.2, 0) is 4.79 Å². The number of likely N-dealkylation sites (tertiary alicyclic amines) is 1. The van der Waals surface area contributed by atoms with Gasteiger partial charge in [0.2, 0.25) is 5.91 Å². The molecule has 2 aliphatic rings. The summed E-state index contributed by atoms with van der Waals surface area (Å²) in [6, 6.07) is 1.81. The molecule has 0 aromatic carbocycles. The maximum absolute atomic E-state index is 12.1. The molecular formula is C10H12N4O2. The summed E-state index contributed by atoms with van der Waals surface area (Å²) in [5.74, 6) is -0.0291. The van der Waals surface area contributed by atoms with Crippen molar-refractivity contribution in [3.8, 4) is 0 Å². The lowest BCUT2D eigenvalue weighted by Crippen LogP contribution is -2.38. The van der Waals surface area contributed by atoms with Crippen molar-refractivity contribution < 1.29 is 9.59 Å². The van der Waals surface area contributed by atoms with Crippen molar-refractivity contribution in [3.63, 3.8) is 0 Å². The van der Waals surface area contributed by atoms with E-state index in [1.54, 1.807) is 17.2 Å². The summed E-state index contributed by atoms with van der Waals surface area (Å²) in [4.78, 5) is 25.1. The molecule has 0 aliphatic carbocycles. The smallest absolute Gasteiger partial charge is 0.272 e. The lowest BCUT2D eigenvalue weighted by atomic mass is 10.1. The number of fused-ring (bicyclic) bond motifs is 1. The maximum Gasteiger partial charge on any atom is 0.272 e. The topological polar surface area (TPSA) is 78.1 Å². The van der Waals surface area contributed by atoms with Crippen molar-refractivity contribution in [1.82, 2.24) is 20.4 Å². The molecular weight excluding hydrogens is 208 g/mol. The van der Waals surface area contributed by atoms with Gasteiger partial charge in [0.1, 0.15) is 5.69 Å². The van der Waals surface area contributed by atoms with Gasteiger partial charge in [0.25, 0.3) is 5.91 Å². The first kappa shape index (κ1) is 9.38. The number of H-pyrrole nitrogens is 1. The summed E-state index contributed by atoms with van der Waals surface area (Å²) in [5.41, 5.74) is 0.486. The quantitative estimate of drug-likeness (QED) is 0.670. The van der Waals surface area contributed by atoms with Gasteiger partial charge in [-0.25, -0.2) is 0 Å². The largest absolute Gasteiger partial charge is 0.351 e. The Hall–Kier alpha value is -1.85. The molecule has 0 radical (unpaired) electrons. The molecule has 6 heteroatoms. The van der Waals surface area contributed by atoms with Gasteiger partial charge in [-0.15, -0.1) is 0 Å². The van der Waals surface area contributed by atoms with E-state index in [9.17, 15) is 9.59 Å². The molecule has 2 fully saturated rings. The molecule has 2 atom stereocenters. The highest BCUT2D eigenvalue weighted by Crippen LogP contribution is 2.26. The van der Waals surface area contributed by atoms with E-state index >= 15 is 0 Å². The molecule has 3 heterocycles. The number of hydrogen-bond donors (Lipinski definition) is 2. The van der Waals surface area contributed by atoms with Crippen molar-refractivity contribution in [2.75, 3.05) is 6.54 Å². The fourth-order valence-corrected chi connectivity index (χ4v) is 2.51. The number of carbonyl (C=O) groups is 2. The van der Waals surface area contributed by atoms with Crippen molar-refractivity contribution in [2.45, 2.75) is 24.9 Å². The van der Waals surface area contributed by atoms with Crippen LogP contribution in [0.4, 0.5) is 0 Å². The first-order valence-corrected chi connectivity index (χ1v) is 5.35. The number of aromatic nitrogens is 2. The zero-order valence-corrected chi connectivity index (χ0v) is 8.64. The maximum atomic E-state index is 12.1. The summed E-state index contributed by atoms with van der Waals surface area (Å²) in [5, 5.41) is 9.31. The van der Waals surface area contributed by atoms with Gasteiger partial charge in [-0.3, -0.25) is 14.7 Å². The molecule has 0 saturated carbocycles. The third-order valence-corrected chi connectivity index (χ3v) is 3.28. The van der Waals surface area contributed by atoms with E-state index in [4.69, 9.17) is 0 Å². The number of nitrogens with zero attached hydrogens (tertiary/aromatic N) is 2. The van der Waals surface area contributed by atoms with Gasteiger partial charge in [0.15, 0.2) is 0 Å². The van der Waals surface area contributed by atoms with E-state index < -0.39 is 0 Å². The summed E-state index contributed by atoms with van der Waals surface area (Å²) in [7, 11) is 0. The Kier molecular flexibility index (Phi) is 1.95.